The van der Waals surface area contributed by atoms with Crippen molar-refractivity contribution < 1.29 is 14.0 Å². The number of H-pyrrole nitrogens is 1. The van der Waals surface area contributed by atoms with Gasteiger partial charge < -0.3 is 4.42 Å². The van der Waals surface area contributed by atoms with E-state index >= 15 is 0 Å². The third kappa shape index (κ3) is 2.81. The molecule has 110 valence electrons. The molecular formula is C14H16N4O3. The zero-order valence-electron chi connectivity index (χ0n) is 11.8. The zero-order valence-corrected chi connectivity index (χ0v) is 11.8. The lowest BCUT2D eigenvalue weighted by Gasteiger charge is -2.04. The Hall–Kier alpha value is -2.57. The van der Waals surface area contributed by atoms with Crippen molar-refractivity contribution in [3.63, 3.8) is 0 Å². The van der Waals surface area contributed by atoms with Crippen molar-refractivity contribution in [3.05, 3.63) is 40.6 Å². The van der Waals surface area contributed by atoms with Crippen LogP contribution in [0.25, 0.3) is 0 Å². The second kappa shape index (κ2) is 5.08. The van der Waals surface area contributed by atoms with Crippen LogP contribution in [0.15, 0.2) is 16.5 Å². The molecule has 0 saturated heterocycles. The number of carbonyl (C=O) groups is 2. The highest BCUT2D eigenvalue weighted by Crippen LogP contribution is 2.38. The molecule has 1 aliphatic rings. The Kier molecular flexibility index (Phi) is 3.25. The van der Waals surface area contributed by atoms with Gasteiger partial charge in [0.25, 0.3) is 11.8 Å². The number of furan rings is 1. The number of carbonyl (C=O) groups excluding carboxylic acids is 2. The monoisotopic (exact) mass is 288 g/mol. The molecule has 1 aliphatic carbocycles. The van der Waals surface area contributed by atoms with Crippen LogP contribution in [-0.2, 0) is 0 Å². The van der Waals surface area contributed by atoms with Gasteiger partial charge in [-0.25, -0.2) is 0 Å². The number of aromatic nitrogens is 2. The van der Waals surface area contributed by atoms with Gasteiger partial charge in [-0.15, -0.1) is 0 Å². The van der Waals surface area contributed by atoms with Crippen LogP contribution in [0.2, 0.25) is 0 Å². The Morgan fingerprint density at radius 2 is 1.95 bits per heavy atom. The molecule has 0 bridgehead atoms. The Labute approximate surface area is 121 Å². The third-order valence-corrected chi connectivity index (χ3v) is 3.42. The van der Waals surface area contributed by atoms with Crippen LogP contribution in [0.5, 0.6) is 0 Å². The summed E-state index contributed by atoms with van der Waals surface area (Å²) in [6, 6.07) is 3.34. The molecule has 7 heteroatoms. The molecule has 2 aromatic heterocycles. The van der Waals surface area contributed by atoms with Crippen molar-refractivity contribution >= 4 is 11.8 Å². The molecule has 2 aromatic rings. The highest BCUT2D eigenvalue weighted by Gasteiger charge is 2.26. The van der Waals surface area contributed by atoms with Crippen LogP contribution in [0.4, 0.5) is 0 Å². The largest absolute Gasteiger partial charge is 0.466 e. The van der Waals surface area contributed by atoms with Crippen LogP contribution in [0.3, 0.4) is 0 Å². The molecule has 3 N–H and O–H groups in total. The first-order valence-electron chi connectivity index (χ1n) is 6.77. The molecule has 0 atom stereocenters. The van der Waals surface area contributed by atoms with Gasteiger partial charge in [-0.3, -0.25) is 25.5 Å². The Morgan fingerprint density at radius 3 is 2.57 bits per heavy atom. The van der Waals surface area contributed by atoms with E-state index in [9.17, 15) is 9.59 Å². The predicted octanol–water partition coefficient (Wildman–Crippen LogP) is 1.57. The van der Waals surface area contributed by atoms with E-state index in [-0.39, 0.29) is 5.69 Å². The lowest BCUT2D eigenvalue weighted by molar-refractivity contribution is 0.0843. The predicted molar refractivity (Wildman–Crippen MR) is 73.7 cm³/mol. The maximum atomic E-state index is 11.9. The van der Waals surface area contributed by atoms with E-state index in [1.807, 2.05) is 0 Å². The molecule has 2 heterocycles. The quantitative estimate of drug-likeness (QED) is 0.746. The number of rotatable bonds is 3. The fraction of sp³-hybridized carbons (Fsp3) is 0.357. The van der Waals surface area contributed by atoms with Gasteiger partial charge in [0.1, 0.15) is 11.5 Å². The van der Waals surface area contributed by atoms with Gasteiger partial charge in [-0.1, -0.05) is 0 Å². The number of hydrogen-bond acceptors (Lipinski definition) is 4. The van der Waals surface area contributed by atoms with Crippen molar-refractivity contribution in [2.24, 2.45) is 0 Å². The van der Waals surface area contributed by atoms with E-state index in [4.69, 9.17) is 4.42 Å². The molecule has 1 saturated carbocycles. The first kappa shape index (κ1) is 13.4. The molecule has 1 fully saturated rings. The van der Waals surface area contributed by atoms with Crippen LogP contribution in [-0.4, -0.2) is 22.0 Å². The fourth-order valence-electron chi connectivity index (χ4n) is 2.16. The molecular weight excluding hydrogens is 272 g/mol. The molecule has 0 unspecified atom stereocenters. The van der Waals surface area contributed by atoms with Crippen LogP contribution in [0, 0.1) is 13.8 Å². The normalized spacial score (nSPS) is 14.0. The minimum atomic E-state index is -0.454. The molecule has 0 radical (unpaired) electrons. The van der Waals surface area contributed by atoms with Crippen molar-refractivity contribution in [1.82, 2.24) is 21.0 Å². The summed E-state index contributed by atoms with van der Waals surface area (Å²) in [5.74, 6) is 0.769. The van der Waals surface area contributed by atoms with E-state index in [0.29, 0.717) is 23.0 Å². The maximum Gasteiger partial charge on any atom is 0.290 e. The Bertz CT molecular complexity index is 697. The van der Waals surface area contributed by atoms with E-state index in [1.54, 1.807) is 26.0 Å². The SMILES string of the molecule is Cc1cc(C(=O)NNC(=O)c2cc(C3CC3)[nH]n2)c(C)o1. The smallest absolute Gasteiger partial charge is 0.290 e. The number of aryl methyl sites for hydroxylation is 2. The van der Waals surface area contributed by atoms with E-state index in [0.717, 1.165) is 18.5 Å². The first-order chi connectivity index (χ1) is 10.0. The molecule has 0 aromatic carbocycles. The number of nitrogens with zero attached hydrogens (tertiary/aromatic N) is 1. The zero-order chi connectivity index (χ0) is 15.0. The third-order valence-electron chi connectivity index (χ3n) is 3.42. The highest BCUT2D eigenvalue weighted by atomic mass is 16.3. The minimum Gasteiger partial charge on any atom is -0.466 e. The first-order valence-corrected chi connectivity index (χ1v) is 6.77. The average molecular weight is 288 g/mol. The number of hydrazine groups is 1. The van der Waals surface area contributed by atoms with Crippen molar-refractivity contribution in [2.75, 3.05) is 0 Å². The van der Waals surface area contributed by atoms with E-state index < -0.39 is 11.8 Å². The molecule has 2 amide bonds. The second-order valence-corrected chi connectivity index (χ2v) is 5.22. The lowest BCUT2D eigenvalue weighted by atomic mass is 10.2. The summed E-state index contributed by atoms with van der Waals surface area (Å²) >= 11 is 0. The average Bonchev–Trinajstić information content (AvgIpc) is 3.08. The van der Waals surface area contributed by atoms with Gasteiger partial charge in [0.05, 0.1) is 5.56 Å². The number of amides is 2. The van der Waals surface area contributed by atoms with Gasteiger partial charge in [0, 0.05) is 11.6 Å². The van der Waals surface area contributed by atoms with Crippen molar-refractivity contribution in [3.8, 4) is 0 Å². The summed E-state index contributed by atoms with van der Waals surface area (Å²) in [7, 11) is 0. The molecule has 3 rings (SSSR count). The van der Waals surface area contributed by atoms with E-state index in [1.165, 1.54) is 0 Å². The summed E-state index contributed by atoms with van der Waals surface area (Å²) < 4.78 is 5.27. The summed E-state index contributed by atoms with van der Waals surface area (Å²) in [4.78, 5) is 23.8. The van der Waals surface area contributed by atoms with Crippen molar-refractivity contribution in [1.29, 1.82) is 0 Å². The van der Waals surface area contributed by atoms with Crippen molar-refractivity contribution in [2.45, 2.75) is 32.6 Å². The molecule has 0 aliphatic heterocycles. The lowest BCUT2D eigenvalue weighted by Crippen LogP contribution is -2.41. The Morgan fingerprint density at radius 1 is 1.24 bits per heavy atom. The standard InChI is InChI=1S/C14H16N4O3/c1-7-5-10(8(2)21-7)13(19)17-18-14(20)12-6-11(15-16-12)9-3-4-9/h5-6,9H,3-4H2,1-2H3,(H,15,16)(H,17,19)(H,18,20). The number of aromatic amines is 1. The van der Waals surface area contributed by atoms with Gasteiger partial charge >= 0.3 is 0 Å². The summed E-state index contributed by atoms with van der Waals surface area (Å²) in [5.41, 5.74) is 6.32. The highest BCUT2D eigenvalue weighted by molar-refractivity contribution is 5.98. The minimum absolute atomic E-state index is 0.261. The molecule has 21 heavy (non-hydrogen) atoms. The number of nitrogens with one attached hydrogen (secondary N) is 3. The van der Waals surface area contributed by atoms with Crippen LogP contribution < -0.4 is 10.9 Å². The summed E-state index contributed by atoms with van der Waals surface area (Å²) in [6.07, 6.45) is 2.25. The van der Waals surface area contributed by atoms with Crippen LogP contribution in [0.1, 0.15) is 56.8 Å². The van der Waals surface area contributed by atoms with Crippen LogP contribution >= 0.6 is 0 Å². The van der Waals surface area contributed by atoms with E-state index in [2.05, 4.69) is 21.0 Å². The van der Waals surface area contributed by atoms with Gasteiger partial charge in [-0.2, -0.15) is 5.10 Å². The topological polar surface area (TPSA) is 100 Å². The number of hydrogen-bond donors (Lipinski definition) is 3. The second-order valence-electron chi connectivity index (χ2n) is 5.22. The van der Waals surface area contributed by atoms with Gasteiger partial charge in [-0.05, 0) is 38.8 Å². The van der Waals surface area contributed by atoms with Gasteiger partial charge in [0.2, 0.25) is 0 Å². The molecule has 0 spiro atoms. The van der Waals surface area contributed by atoms with Gasteiger partial charge in [0.15, 0.2) is 5.69 Å². The Balaban J connectivity index is 1.59. The molecule has 7 nitrogen and oxygen atoms in total. The maximum absolute atomic E-state index is 11.9. The fourth-order valence-corrected chi connectivity index (χ4v) is 2.16. The summed E-state index contributed by atoms with van der Waals surface area (Å²) in [6.45, 7) is 3.45. The summed E-state index contributed by atoms with van der Waals surface area (Å²) in [5, 5.41) is 6.78.